The highest BCUT2D eigenvalue weighted by atomic mass is 35.5. The molecule has 0 aliphatic heterocycles. The first-order valence-corrected chi connectivity index (χ1v) is 5.37. The first-order valence-electron chi connectivity index (χ1n) is 4.99. The van der Waals surface area contributed by atoms with Gasteiger partial charge in [-0.2, -0.15) is 13.2 Å². The number of alkyl halides is 3. The smallest absolute Gasteiger partial charge is 0.420 e. The summed E-state index contributed by atoms with van der Waals surface area (Å²) >= 11 is 5.59. The Bertz CT molecular complexity index is 460. The van der Waals surface area contributed by atoms with Gasteiger partial charge in [0.25, 0.3) is 0 Å². The summed E-state index contributed by atoms with van der Waals surface area (Å²) in [6, 6.07) is 1.87. The Morgan fingerprint density at radius 1 is 1.44 bits per heavy atom. The number of ketones is 1. The van der Waals surface area contributed by atoms with Gasteiger partial charge in [-0.05, 0) is 18.7 Å². The van der Waals surface area contributed by atoms with Crippen molar-refractivity contribution in [3.8, 4) is 5.75 Å². The van der Waals surface area contributed by atoms with Gasteiger partial charge < -0.3 is 10.5 Å². The third-order valence-corrected chi connectivity index (χ3v) is 2.45. The number of benzene rings is 1. The summed E-state index contributed by atoms with van der Waals surface area (Å²) in [5.41, 5.74) is 3.93. The zero-order valence-electron chi connectivity index (χ0n) is 9.47. The fourth-order valence-corrected chi connectivity index (χ4v) is 1.72. The zero-order chi connectivity index (χ0) is 13.9. The first kappa shape index (κ1) is 14.8. The van der Waals surface area contributed by atoms with E-state index in [2.05, 4.69) is 4.74 Å². The van der Waals surface area contributed by atoms with Gasteiger partial charge in [-0.15, -0.1) is 0 Å². The van der Waals surface area contributed by atoms with Gasteiger partial charge in [0.2, 0.25) is 0 Å². The monoisotopic (exact) mass is 281 g/mol. The van der Waals surface area contributed by atoms with Crippen LogP contribution >= 0.6 is 11.6 Å². The summed E-state index contributed by atoms with van der Waals surface area (Å²) in [6.45, 7) is 0.0376. The molecule has 0 unspecified atom stereocenters. The fraction of sp³-hybridized carbons (Fsp3) is 0.364. The Balaban J connectivity index is 3.43. The summed E-state index contributed by atoms with van der Waals surface area (Å²) < 4.78 is 43.0. The molecule has 2 N–H and O–H groups in total. The molecule has 1 rings (SSSR count). The van der Waals surface area contributed by atoms with Crippen LogP contribution < -0.4 is 10.5 Å². The van der Waals surface area contributed by atoms with Crippen LogP contribution in [0, 0.1) is 0 Å². The largest absolute Gasteiger partial charge is 0.495 e. The van der Waals surface area contributed by atoms with Crippen molar-refractivity contribution in [2.24, 2.45) is 5.73 Å². The molecule has 0 aliphatic carbocycles. The van der Waals surface area contributed by atoms with E-state index in [1.807, 2.05) is 0 Å². The van der Waals surface area contributed by atoms with E-state index in [1.165, 1.54) is 0 Å². The van der Waals surface area contributed by atoms with Crippen molar-refractivity contribution >= 4 is 17.4 Å². The molecule has 0 aliphatic rings. The molecule has 3 nitrogen and oxygen atoms in total. The molecule has 0 bridgehead atoms. The second-order valence-electron chi connectivity index (χ2n) is 3.49. The molecule has 0 fully saturated rings. The molecular weight excluding hydrogens is 271 g/mol. The normalized spacial score (nSPS) is 11.4. The van der Waals surface area contributed by atoms with E-state index >= 15 is 0 Å². The highest BCUT2D eigenvalue weighted by Gasteiger charge is 2.36. The molecule has 7 heteroatoms. The third kappa shape index (κ3) is 3.14. The van der Waals surface area contributed by atoms with Crippen LogP contribution in [0.1, 0.15) is 22.3 Å². The van der Waals surface area contributed by atoms with Crippen LogP contribution in [0.5, 0.6) is 5.75 Å². The lowest BCUT2D eigenvalue weighted by Crippen LogP contribution is -2.14. The van der Waals surface area contributed by atoms with E-state index in [0.29, 0.717) is 0 Å². The van der Waals surface area contributed by atoms with Crippen molar-refractivity contribution in [2.75, 3.05) is 13.7 Å². The van der Waals surface area contributed by atoms with E-state index in [4.69, 9.17) is 17.3 Å². The molecule has 100 valence electrons. The topological polar surface area (TPSA) is 52.3 Å². The Hall–Kier alpha value is -1.27. The summed E-state index contributed by atoms with van der Waals surface area (Å²) in [7, 11) is 1.07. The summed E-state index contributed by atoms with van der Waals surface area (Å²) in [6.07, 6.45) is -4.72. The van der Waals surface area contributed by atoms with Crippen molar-refractivity contribution in [3.63, 3.8) is 0 Å². The molecule has 0 atom stereocenters. The van der Waals surface area contributed by atoms with E-state index in [0.717, 1.165) is 19.2 Å². The van der Waals surface area contributed by atoms with Gasteiger partial charge in [0.15, 0.2) is 5.78 Å². The lowest BCUT2D eigenvalue weighted by molar-refractivity contribution is -0.138. The molecule has 0 radical (unpaired) electrons. The highest BCUT2D eigenvalue weighted by molar-refractivity contribution is 6.31. The molecule has 0 saturated carbocycles. The predicted molar refractivity (Wildman–Crippen MR) is 61.0 cm³/mol. The van der Waals surface area contributed by atoms with Crippen LogP contribution in [0.3, 0.4) is 0 Å². The second kappa shape index (κ2) is 5.58. The molecule has 0 spiro atoms. The molecule has 0 aromatic heterocycles. The molecule has 1 aromatic rings. The number of rotatable bonds is 4. The van der Waals surface area contributed by atoms with Crippen LogP contribution in [-0.2, 0) is 6.18 Å². The minimum Gasteiger partial charge on any atom is -0.495 e. The average molecular weight is 282 g/mol. The van der Waals surface area contributed by atoms with Gasteiger partial charge in [-0.1, -0.05) is 11.6 Å². The Morgan fingerprint density at radius 2 is 2.06 bits per heavy atom. The predicted octanol–water partition coefficient (Wildman–Crippen LogP) is 2.90. The van der Waals surface area contributed by atoms with Crippen molar-refractivity contribution in [2.45, 2.75) is 12.6 Å². The van der Waals surface area contributed by atoms with Crippen molar-refractivity contribution < 1.29 is 22.7 Å². The van der Waals surface area contributed by atoms with Crippen LogP contribution in [0.15, 0.2) is 12.1 Å². The number of ether oxygens (including phenoxy) is 1. The maximum Gasteiger partial charge on any atom is 0.420 e. The van der Waals surface area contributed by atoms with Crippen LogP contribution in [0.25, 0.3) is 0 Å². The Labute approximate surface area is 107 Å². The van der Waals surface area contributed by atoms with Crippen LogP contribution in [0.2, 0.25) is 5.02 Å². The lowest BCUT2D eigenvalue weighted by atomic mass is 10.0. The van der Waals surface area contributed by atoms with Gasteiger partial charge in [-0.25, -0.2) is 0 Å². The number of hydrogen-bond donors (Lipinski definition) is 1. The van der Waals surface area contributed by atoms with Gasteiger partial charge in [-0.3, -0.25) is 4.79 Å². The van der Waals surface area contributed by atoms with Gasteiger partial charge in [0, 0.05) is 11.4 Å². The zero-order valence-corrected chi connectivity index (χ0v) is 10.2. The molecule has 0 saturated heterocycles. The van der Waals surface area contributed by atoms with Crippen molar-refractivity contribution in [3.05, 3.63) is 28.3 Å². The number of Topliss-reactive ketones (excluding diaryl/α,β-unsaturated/α-hetero) is 1. The van der Waals surface area contributed by atoms with E-state index in [-0.39, 0.29) is 23.6 Å². The minimum atomic E-state index is -4.64. The second-order valence-corrected chi connectivity index (χ2v) is 3.93. The quantitative estimate of drug-likeness (QED) is 0.864. The first-order chi connectivity index (χ1) is 8.31. The number of hydrogen-bond acceptors (Lipinski definition) is 3. The SMILES string of the molecule is COc1c(C(=O)CCN)cc(Cl)cc1C(F)(F)F. The van der Waals surface area contributed by atoms with Crippen molar-refractivity contribution in [1.82, 2.24) is 0 Å². The fourth-order valence-electron chi connectivity index (χ4n) is 1.50. The van der Waals surface area contributed by atoms with Crippen molar-refractivity contribution in [1.29, 1.82) is 0 Å². The number of halogens is 4. The molecule has 18 heavy (non-hydrogen) atoms. The average Bonchev–Trinajstić information content (AvgIpc) is 2.27. The summed E-state index contributed by atoms with van der Waals surface area (Å²) in [5, 5.41) is -0.177. The third-order valence-electron chi connectivity index (χ3n) is 2.24. The van der Waals surface area contributed by atoms with Gasteiger partial charge in [0.05, 0.1) is 18.2 Å². The molecule has 0 heterocycles. The van der Waals surface area contributed by atoms with E-state index in [1.54, 1.807) is 0 Å². The molecule has 1 aromatic carbocycles. The number of carbonyl (C=O) groups is 1. The summed E-state index contributed by atoms with van der Waals surface area (Å²) in [4.78, 5) is 11.7. The maximum absolute atomic E-state index is 12.8. The van der Waals surface area contributed by atoms with E-state index in [9.17, 15) is 18.0 Å². The molecule has 0 amide bonds. The number of methoxy groups -OCH3 is 1. The Morgan fingerprint density at radius 3 is 2.50 bits per heavy atom. The van der Waals surface area contributed by atoms with Crippen LogP contribution in [0.4, 0.5) is 13.2 Å². The maximum atomic E-state index is 12.8. The highest BCUT2D eigenvalue weighted by Crippen LogP contribution is 2.40. The number of carbonyl (C=O) groups excluding carboxylic acids is 1. The summed E-state index contributed by atoms with van der Waals surface area (Å²) in [5.74, 6) is -1.06. The lowest BCUT2D eigenvalue weighted by Gasteiger charge is -2.15. The van der Waals surface area contributed by atoms with Crippen LogP contribution in [-0.4, -0.2) is 19.4 Å². The van der Waals surface area contributed by atoms with E-state index < -0.39 is 23.3 Å². The standard InChI is InChI=1S/C11H11ClF3NO2/c1-18-10-7(9(17)2-3-16)4-6(12)5-8(10)11(13,14)15/h4-5H,2-3,16H2,1H3. The molecular formula is C11H11ClF3NO2. The Kier molecular flexibility index (Phi) is 4.59. The minimum absolute atomic E-state index is 0.0376. The van der Waals surface area contributed by atoms with Gasteiger partial charge >= 0.3 is 6.18 Å². The number of nitrogens with two attached hydrogens (primary N) is 1. The van der Waals surface area contributed by atoms with Gasteiger partial charge in [0.1, 0.15) is 5.75 Å².